The molecule has 8 nitrogen and oxygen atoms in total. The fourth-order valence-electron chi connectivity index (χ4n) is 3.74. The highest BCUT2D eigenvalue weighted by atomic mass is 32.2. The van der Waals surface area contributed by atoms with Crippen molar-refractivity contribution < 1.29 is 26.4 Å². The quantitative estimate of drug-likeness (QED) is 0.512. The van der Waals surface area contributed by atoms with Crippen molar-refractivity contribution in [2.75, 3.05) is 11.1 Å². The van der Waals surface area contributed by atoms with Crippen molar-refractivity contribution in [1.82, 2.24) is 14.5 Å². The second-order valence-corrected chi connectivity index (χ2v) is 9.62. The van der Waals surface area contributed by atoms with Crippen LogP contribution >= 0.6 is 0 Å². The van der Waals surface area contributed by atoms with Crippen molar-refractivity contribution in [3.05, 3.63) is 70.7 Å². The van der Waals surface area contributed by atoms with Crippen LogP contribution in [-0.4, -0.2) is 28.8 Å². The highest BCUT2D eigenvalue weighted by Crippen LogP contribution is 2.44. The van der Waals surface area contributed by atoms with Crippen molar-refractivity contribution in [2.45, 2.75) is 30.8 Å². The van der Waals surface area contributed by atoms with Gasteiger partial charge in [-0.25, -0.2) is 21.6 Å². The van der Waals surface area contributed by atoms with Crippen molar-refractivity contribution >= 4 is 27.4 Å². The molecular formula is C20H18F3N5O3S. The Bertz CT molecular complexity index is 1310. The van der Waals surface area contributed by atoms with Gasteiger partial charge >= 0.3 is 0 Å². The number of hydrogen-bond donors (Lipinski definition) is 3. The van der Waals surface area contributed by atoms with E-state index in [0.29, 0.717) is 17.3 Å². The van der Waals surface area contributed by atoms with E-state index in [1.54, 1.807) is 13.8 Å². The van der Waals surface area contributed by atoms with E-state index in [2.05, 4.69) is 15.5 Å². The number of aromatic nitrogens is 2. The first-order chi connectivity index (χ1) is 14.9. The molecular weight excluding hydrogens is 447 g/mol. The summed E-state index contributed by atoms with van der Waals surface area (Å²) >= 11 is 0. The normalized spacial score (nSPS) is 15.5. The van der Waals surface area contributed by atoms with Gasteiger partial charge < -0.3 is 11.1 Å². The van der Waals surface area contributed by atoms with Gasteiger partial charge in [-0.1, -0.05) is 6.07 Å². The van der Waals surface area contributed by atoms with Crippen LogP contribution in [0.3, 0.4) is 0 Å². The maximum atomic E-state index is 14.1. The predicted molar refractivity (Wildman–Crippen MR) is 109 cm³/mol. The number of anilines is 2. The van der Waals surface area contributed by atoms with E-state index >= 15 is 0 Å². The van der Waals surface area contributed by atoms with Gasteiger partial charge in [0.1, 0.15) is 17.5 Å². The summed E-state index contributed by atoms with van der Waals surface area (Å²) in [6.07, 6.45) is 0. The largest absolute Gasteiger partial charge is 0.398 e. The van der Waals surface area contributed by atoms with Gasteiger partial charge in [-0.15, -0.1) is 0 Å². The van der Waals surface area contributed by atoms with E-state index in [1.807, 2.05) is 0 Å². The number of carbonyl (C=O) groups excluding carboxylic acids is 1. The molecule has 168 valence electrons. The van der Waals surface area contributed by atoms with Gasteiger partial charge in [0.2, 0.25) is 10.0 Å². The Morgan fingerprint density at radius 2 is 1.84 bits per heavy atom. The summed E-state index contributed by atoms with van der Waals surface area (Å²) in [6.45, 7) is 2.90. The molecule has 0 radical (unpaired) electrons. The molecule has 1 aliphatic heterocycles. The van der Waals surface area contributed by atoms with Crippen molar-refractivity contribution in [3.8, 4) is 0 Å². The zero-order chi connectivity index (χ0) is 23.4. The highest BCUT2D eigenvalue weighted by molar-refractivity contribution is 7.89. The molecule has 0 fully saturated rings. The van der Waals surface area contributed by atoms with Gasteiger partial charge in [0.15, 0.2) is 5.82 Å². The molecule has 2 aromatic carbocycles. The summed E-state index contributed by atoms with van der Waals surface area (Å²) in [4.78, 5) is 12.0. The Kier molecular flexibility index (Phi) is 5.01. The van der Waals surface area contributed by atoms with E-state index in [1.165, 1.54) is 12.1 Å². The van der Waals surface area contributed by atoms with Gasteiger partial charge in [-0.3, -0.25) is 9.89 Å². The number of nitrogens with one attached hydrogen (secondary N) is 2. The molecule has 0 atom stereocenters. The van der Waals surface area contributed by atoms with Crippen LogP contribution < -0.4 is 11.1 Å². The molecule has 1 aliphatic rings. The topological polar surface area (TPSA) is 121 Å². The summed E-state index contributed by atoms with van der Waals surface area (Å²) in [6, 6.07) is 5.82. The number of nitrogens with two attached hydrogens (primary N) is 1. The first-order valence-corrected chi connectivity index (χ1v) is 10.8. The molecule has 0 unspecified atom stereocenters. The Balaban J connectivity index is 1.69. The summed E-state index contributed by atoms with van der Waals surface area (Å²) < 4.78 is 68.7. The average Bonchev–Trinajstić information content (AvgIpc) is 3.19. The lowest BCUT2D eigenvalue weighted by Crippen LogP contribution is -2.40. The molecule has 0 bridgehead atoms. The molecule has 1 amide bonds. The monoisotopic (exact) mass is 465 g/mol. The number of nitrogens with zero attached hydrogens (tertiary/aromatic N) is 2. The number of benzene rings is 2. The van der Waals surface area contributed by atoms with Gasteiger partial charge in [0.25, 0.3) is 5.91 Å². The first kappa shape index (κ1) is 21.8. The van der Waals surface area contributed by atoms with Crippen molar-refractivity contribution in [2.24, 2.45) is 0 Å². The van der Waals surface area contributed by atoms with Crippen LogP contribution in [0.2, 0.25) is 0 Å². The van der Waals surface area contributed by atoms with Crippen molar-refractivity contribution in [3.63, 3.8) is 0 Å². The molecule has 2 heterocycles. The Morgan fingerprint density at radius 3 is 2.47 bits per heavy atom. The molecule has 12 heteroatoms. The second-order valence-electron chi connectivity index (χ2n) is 7.76. The van der Waals surface area contributed by atoms with E-state index in [-0.39, 0.29) is 23.6 Å². The number of carbonyl (C=O) groups is 1. The van der Waals surface area contributed by atoms with Crippen LogP contribution in [-0.2, 0) is 22.1 Å². The van der Waals surface area contributed by atoms with Gasteiger partial charge in [-0.2, -0.15) is 9.40 Å². The number of sulfonamides is 1. The molecule has 0 aliphatic carbocycles. The molecule has 4 N–H and O–H groups in total. The summed E-state index contributed by atoms with van der Waals surface area (Å²) in [5, 5.41) is 9.15. The molecule has 4 rings (SSSR count). The maximum Gasteiger partial charge on any atom is 0.261 e. The number of H-pyrrole nitrogens is 1. The SMILES string of the molecule is CC1(C)c2[nH]nc(NC(=O)c3c(N)cccc3F)c2CN1S(=O)(=O)c1cc(F)cc(F)c1. The van der Waals surface area contributed by atoms with Crippen molar-refractivity contribution in [1.29, 1.82) is 0 Å². The lowest BCUT2D eigenvalue weighted by Gasteiger charge is -2.30. The van der Waals surface area contributed by atoms with Gasteiger partial charge in [0.05, 0.1) is 21.7 Å². The van der Waals surface area contributed by atoms with Crippen LogP contribution in [0.4, 0.5) is 24.7 Å². The minimum Gasteiger partial charge on any atom is -0.398 e. The van der Waals surface area contributed by atoms with Crippen LogP contribution in [0.25, 0.3) is 0 Å². The second kappa shape index (κ2) is 7.35. The smallest absolute Gasteiger partial charge is 0.261 e. The lowest BCUT2D eigenvalue weighted by atomic mass is 10.0. The molecule has 0 spiro atoms. The fourth-order valence-corrected chi connectivity index (χ4v) is 5.50. The minimum absolute atomic E-state index is 0.0103. The molecule has 1 aromatic heterocycles. The van der Waals surface area contributed by atoms with E-state index in [9.17, 15) is 26.4 Å². The zero-order valence-electron chi connectivity index (χ0n) is 16.9. The molecule has 0 saturated carbocycles. The van der Waals surface area contributed by atoms with E-state index in [0.717, 1.165) is 22.5 Å². The first-order valence-electron chi connectivity index (χ1n) is 9.35. The number of rotatable bonds is 4. The van der Waals surface area contributed by atoms with Crippen LogP contribution in [0.5, 0.6) is 0 Å². The number of amides is 1. The number of halogens is 3. The number of nitrogen functional groups attached to an aromatic ring is 1. The summed E-state index contributed by atoms with van der Waals surface area (Å²) in [5.41, 5.74) is 4.76. The predicted octanol–water partition coefficient (Wildman–Crippen LogP) is 3.10. The number of aromatic amines is 1. The van der Waals surface area contributed by atoms with Gasteiger partial charge in [0, 0.05) is 23.9 Å². The lowest BCUT2D eigenvalue weighted by molar-refractivity contribution is 0.102. The maximum absolute atomic E-state index is 14.1. The third-order valence-electron chi connectivity index (χ3n) is 5.33. The minimum atomic E-state index is -4.33. The molecule has 0 saturated heterocycles. The van der Waals surface area contributed by atoms with E-state index < -0.39 is 43.8 Å². The van der Waals surface area contributed by atoms with Crippen LogP contribution in [0.1, 0.15) is 35.5 Å². The third-order valence-corrected chi connectivity index (χ3v) is 7.33. The summed E-state index contributed by atoms with van der Waals surface area (Å²) in [5.74, 6) is -3.76. The Hall–Kier alpha value is -3.38. The summed E-state index contributed by atoms with van der Waals surface area (Å²) in [7, 11) is -4.33. The Morgan fingerprint density at radius 1 is 1.19 bits per heavy atom. The standard InChI is InChI=1S/C20H18F3N5O3S/c1-20(2)17-13(9-28(20)32(30,31)12-7-10(21)6-11(22)8-12)18(27-26-17)25-19(29)16-14(23)4-3-5-15(16)24/h3-8H,9,24H2,1-2H3,(H2,25,26,27,29). The van der Waals surface area contributed by atoms with Crippen LogP contribution in [0, 0.1) is 17.5 Å². The fraction of sp³-hybridized carbons (Fsp3) is 0.200. The molecule has 3 aromatic rings. The number of hydrogen-bond acceptors (Lipinski definition) is 5. The molecule has 32 heavy (non-hydrogen) atoms. The Labute approximate surface area is 181 Å². The average molecular weight is 465 g/mol. The zero-order valence-corrected chi connectivity index (χ0v) is 17.7. The number of fused-ring (bicyclic) bond motifs is 1. The highest BCUT2D eigenvalue weighted by Gasteiger charge is 2.48. The van der Waals surface area contributed by atoms with Gasteiger partial charge in [-0.05, 0) is 38.1 Å². The third kappa shape index (κ3) is 3.41. The van der Waals surface area contributed by atoms with E-state index in [4.69, 9.17) is 5.73 Å². The van der Waals surface area contributed by atoms with Crippen LogP contribution in [0.15, 0.2) is 41.3 Å².